The van der Waals surface area contributed by atoms with Gasteiger partial charge < -0.3 is 9.15 Å². The molecule has 0 saturated carbocycles. The summed E-state index contributed by atoms with van der Waals surface area (Å²) in [5.74, 6) is 0.250. The Morgan fingerprint density at radius 2 is 1.82 bits per heavy atom. The largest absolute Gasteiger partial charge is 0.496 e. The number of fused-ring (bicyclic) bond motifs is 1. The highest BCUT2D eigenvalue weighted by Gasteiger charge is 2.17. The third-order valence-corrected chi connectivity index (χ3v) is 3.55. The molecule has 110 valence electrons. The number of hydrogen-bond acceptors (Lipinski definition) is 4. The van der Waals surface area contributed by atoms with Crippen molar-refractivity contribution in [2.45, 2.75) is 6.92 Å². The fourth-order valence-electron chi connectivity index (χ4n) is 2.44. The molecule has 22 heavy (non-hydrogen) atoms. The third kappa shape index (κ3) is 2.39. The molecule has 0 fully saturated rings. The van der Waals surface area contributed by atoms with Gasteiger partial charge in [0.1, 0.15) is 11.3 Å². The number of rotatable bonds is 3. The number of carbonyl (C=O) groups excluding carboxylic acids is 1. The molecule has 0 bridgehead atoms. The lowest BCUT2D eigenvalue weighted by Gasteiger charge is -2.10. The molecule has 0 saturated heterocycles. The van der Waals surface area contributed by atoms with Crippen molar-refractivity contribution in [3.63, 3.8) is 0 Å². The average molecular weight is 294 g/mol. The molecule has 1 heterocycles. The lowest BCUT2D eigenvalue weighted by atomic mass is 9.99. The van der Waals surface area contributed by atoms with Crippen molar-refractivity contribution in [1.82, 2.24) is 0 Å². The van der Waals surface area contributed by atoms with Crippen LogP contribution in [0.4, 0.5) is 0 Å². The van der Waals surface area contributed by atoms with Gasteiger partial charge in [-0.25, -0.2) is 4.79 Å². The van der Waals surface area contributed by atoms with E-state index in [0.29, 0.717) is 22.5 Å². The summed E-state index contributed by atoms with van der Waals surface area (Å²) in [6, 6.07) is 13.7. The molecular formula is C18H14O4. The summed E-state index contributed by atoms with van der Waals surface area (Å²) in [4.78, 5) is 24.1. The second-order valence-corrected chi connectivity index (χ2v) is 4.99. The van der Waals surface area contributed by atoms with Gasteiger partial charge in [0.05, 0.1) is 12.7 Å². The van der Waals surface area contributed by atoms with E-state index < -0.39 is 5.63 Å². The normalized spacial score (nSPS) is 10.6. The molecule has 3 rings (SSSR count). The molecular weight excluding hydrogens is 280 g/mol. The molecule has 4 heteroatoms. The lowest BCUT2D eigenvalue weighted by Crippen LogP contribution is -2.05. The smallest absolute Gasteiger partial charge is 0.336 e. The minimum atomic E-state index is -0.422. The SMILES string of the molecule is COc1cc2oc(=O)cc(C)c2cc1C(=O)c1ccccc1. The first-order valence-electron chi connectivity index (χ1n) is 6.82. The number of carbonyl (C=O) groups is 1. The van der Waals surface area contributed by atoms with Crippen LogP contribution in [0.2, 0.25) is 0 Å². The van der Waals surface area contributed by atoms with E-state index >= 15 is 0 Å². The maximum Gasteiger partial charge on any atom is 0.336 e. The standard InChI is InChI=1S/C18H14O4/c1-11-8-17(19)22-16-10-15(21-2)14(9-13(11)16)18(20)12-6-4-3-5-7-12/h3-10H,1-2H3. The zero-order valence-electron chi connectivity index (χ0n) is 12.3. The Morgan fingerprint density at radius 1 is 1.09 bits per heavy atom. The Balaban J connectivity index is 2.25. The van der Waals surface area contributed by atoms with Crippen LogP contribution in [0, 0.1) is 6.92 Å². The highest BCUT2D eigenvalue weighted by Crippen LogP contribution is 2.28. The predicted molar refractivity (Wildman–Crippen MR) is 83.6 cm³/mol. The summed E-state index contributed by atoms with van der Waals surface area (Å²) >= 11 is 0. The van der Waals surface area contributed by atoms with Crippen molar-refractivity contribution < 1.29 is 13.9 Å². The predicted octanol–water partition coefficient (Wildman–Crippen LogP) is 3.34. The van der Waals surface area contributed by atoms with E-state index in [1.54, 1.807) is 24.3 Å². The van der Waals surface area contributed by atoms with Crippen LogP contribution in [-0.2, 0) is 0 Å². The van der Waals surface area contributed by atoms with Gasteiger partial charge in [0.15, 0.2) is 5.78 Å². The van der Waals surface area contributed by atoms with Gasteiger partial charge in [0.25, 0.3) is 0 Å². The van der Waals surface area contributed by atoms with Crippen LogP contribution in [0.5, 0.6) is 5.75 Å². The highest BCUT2D eigenvalue weighted by molar-refractivity contribution is 6.12. The van der Waals surface area contributed by atoms with Gasteiger partial charge >= 0.3 is 5.63 Å². The fraction of sp³-hybridized carbons (Fsp3) is 0.111. The quantitative estimate of drug-likeness (QED) is 0.549. The second kappa shape index (κ2) is 5.48. The number of benzene rings is 2. The molecule has 3 aromatic rings. The Hall–Kier alpha value is -2.88. The molecule has 0 atom stereocenters. The van der Waals surface area contributed by atoms with E-state index in [-0.39, 0.29) is 5.78 Å². The first kappa shape index (κ1) is 14.1. The van der Waals surface area contributed by atoms with Crippen LogP contribution in [0.25, 0.3) is 11.0 Å². The van der Waals surface area contributed by atoms with Crippen LogP contribution >= 0.6 is 0 Å². The molecule has 0 radical (unpaired) electrons. The molecule has 0 spiro atoms. The molecule has 4 nitrogen and oxygen atoms in total. The van der Waals surface area contributed by atoms with Gasteiger partial charge in [-0.1, -0.05) is 30.3 Å². The second-order valence-electron chi connectivity index (χ2n) is 4.99. The van der Waals surface area contributed by atoms with Crippen molar-refractivity contribution in [3.05, 3.63) is 75.6 Å². The van der Waals surface area contributed by atoms with E-state index in [2.05, 4.69) is 0 Å². The third-order valence-electron chi connectivity index (χ3n) is 3.55. The Bertz CT molecular complexity index is 908. The van der Waals surface area contributed by atoms with Crippen molar-refractivity contribution >= 4 is 16.8 Å². The summed E-state index contributed by atoms with van der Waals surface area (Å²) in [6.45, 7) is 1.81. The molecule has 0 N–H and O–H groups in total. The number of ketones is 1. The van der Waals surface area contributed by atoms with Crippen molar-refractivity contribution in [3.8, 4) is 5.75 Å². The summed E-state index contributed by atoms with van der Waals surface area (Å²) in [6.07, 6.45) is 0. The maximum atomic E-state index is 12.7. The molecule has 1 aromatic heterocycles. The van der Waals surface area contributed by atoms with Crippen molar-refractivity contribution in [2.24, 2.45) is 0 Å². The van der Waals surface area contributed by atoms with Gasteiger partial charge in [0.2, 0.25) is 0 Å². The molecule has 2 aromatic carbocycles. The van der Waals surface area contributed by atoms with E-state index in [4.69, 9.17) is 9.15 Å². The van der Waals surface area contributed by atoms with Gasteiger partial charge in [0, 0.05) is 23.1 Å². The summed E-state index contributed by atoms with van der Waals surface area (Å²) < 4.78 is 10.5. The topological polar surface area (TPSA) is 56.5 Å². The van der Waals surface area contributed by atoms with E-state index in [0.717, 1.165) is 10.9 Å². The number of ether oxygens (including phenoxy) is 1. The van der Waals surface area contributed by atoms with Gasteiger partial charge in [-0.05, 0) is 18.6 Å². The van der Waals surface area contributed by atoms with Crippen molar-refractivity contribution in [2.75, 3.05) is 7.11 Å². The lowest BCUT2D eigenvalue weighted by molar-refractivity contribution is 0.103. The molecule has 0 aliphatic heterocycles. The monoisotopic (exact) mass is 294 g/mol. The van der Waals surface area contributed by atoms with Crippen LogP contribution in [-0.4, -0.2) is 12.9 Å². The van der Waals surface area contributed by atoms with Gasteiger partial charge in [-0.15, -0.1) is 0 Å². The van der Waals surface area contributed by atoms with Crippen LogP contribution in [0.3, 0.4) is 0 Å². The van der Waals surface area contributed by atoms with Gasteiger partial charge in [-0.3, -0.25) is 4.79 Å². The zero-order valence-corrected chi connectivity index (χ0v) is 12.3. The fourth-order valence-corrected chi connectivity index (χ4v) is 2.44. The van der Waals surface area contributed by atoms with E-state index in [9.17, 15) is 9.59 Å². The van der Waals surface area contributed by atoms with Crippen molar-refractivity contribution in [1.29, 1.82) is 0 Å². The maximum absolute atomic E-state index is 12.7. The number of aryl methyl sites for hydroxylation is 1. The number of methoxy groups -OCH3 is 1. The summed E-state index contributed by atoms with van der Waals surface area (Å²) in [5.41, 5.74) is 1.77. The minimum Gasteiger partial charge on any atom is -0.496 e. The van der Waals surface area contributed by atoms with E-state index in [1.165, 1.54) is 13.2 Å². The Morgan fingerprint density at radius 3 is 2.50 bits per heavy atom. The van der Waals surface area contributed by atoms with Crippen LogP contribution in [0.15, 0.2) is 57.7 Å². The number of hydrogen-bond donors (Lipinski definition) is 0. The molecule has 0 unspecified atom stereocenters. The summed E-state index contributed by atoms with van der Waals surface area (Å²) in [7, 11) is 1.48. The minimum absolute atomic E-state index is 0.134. The van der Waals surface area contributed by atoms with Crippen LogP contribution < -0.4 is 10.4 Å². The molecule has 0 aliphatic carbocycles. The Labute approximate surface area is 127 Å². The highest BCUT2D eigenvalue weighted by atomic mass is 16.5. The molecule has 0 aliphatic rings. The Kier molecular flexibility index (Phi) is 3.51. The summed E-state index contributed by atoms with van der Waals surface area (Å²) in [5, 5.41) is 0.722. The first-order chi connectivity index (χ1) is 10.6. The molecule has 0 amide bonds. The van der Waals surface area contributed by atoms with Crippen LogP contribution in [0.1, 0.15) is 21.5 Å². The average Bonchev–Trinajstić information content (AvgIpc) is 2.53. The first-order valence-corrected chi connectivity index (χ1v) is 6.82. The zero-order chi connectivity index (χ0) is 15.7. The van der Waals surface area contributed by atoms with E-state index in [1.807, 2.05) is 25.1 Å². The van der Waals surface area contributed by atoms with Gasteiger partial charge in [-0.2, -0.15) is 0 Å².